The van der Waals surface area contributed by atoms with E-state index in [2.05, 4.69) is 13.8 Å². The molecule has 2 N–H and O–H groups in total. The van der Waals surface area contributed by atoms with Crippen LogP contribution < -0.4 is 5.73 Å². The van der Waals surface area contributed by atoms with Crippen molar-refractivity contribution in [3.05, 3.63) is 0 Å². The fourth-order valence-electron chi connectivity index (χ4n) is 3.88. The van der Waals surface area contributed by atoms with Gasteiger partial charge in [-0.25, -0.2) is 0 Å². The van der Waals surface area contributed by atoms with E-state index in [9.17, 15) is 0 Å². The van der Waals surface area contributed by atoms with Gasteiger partial charge in [0.05, 0.1) is 0 Å². The van der Waals surface area contributed by atoms with E-state index < -0.39 is 0 Å². The molecule has 0 aliphatic heterocycles. The Morgan fingerprint density at radius 2 is 1.55 bits per heavy atom. The fourth-order valence-corrected chi connectivity index (χ4v) is 3.88. The maximum absolute atomic E-state index is 6.68. The van der Waals surface area contributed by atoms with Crippen LogP contribution in [-0.4, -0.2) is 5.54 Å². The van der Waals surface area contributed by atoms with Gasteiger partial charge < -0.3 is 5.73 Å². The lowest BCUT2D eigenvalue weighted by Gasteiger charge is -2.28. The van der Waals surface area contributed by atoms with Crippen LogP contribution in [0.1, 0.15) is 110 Å². The van der Waals surface area contributed by atoms with E-state index in [4.69, 9.17) is 5.73 Å². The number of unbranched alkanes of at least 4 members (excludes halogenated alkanes) is 6. The SMILES string of the molecule is CCCCCCCCCC1(N)CCCC(CCC)CC1. The Morgan fingerprint density at radius 3 is 2.25 bits per heavy atom. The molecule has 0 radical (unpaired) electrons. The zero-order chi connectivity index (χ0) is 14.7. The number of rotatable bonds is 10. The normalized spacial score (nSPS) is 27.4. The summed E-state index contributed by atoms with van der Waals surface area (Å²) < 4.78 is 0. The minimum atomic E-state index is 0.186. The molecule has 0 spiro atoms. The summed E-state index contributed by atoms with van der Waals surface area (Å²) in [4.78, 5) is 0. The molecule has 1 saturated carbocycles. The average Bonchev–Trinajstić information content (AvgIpc) is 2.61. The van der Waals surface area contributed by atoms with Crippen molar-refractivity contribution >= 4 is 0 Å². The van der Waals surface area contributed by atoms with Crippen LogP contribution in [-0.2, 0) is 0 Å². The van der Waals surface area contributed by atoms with E-state index >= 15 is 0 Å². The predicted octanol–water partition coefficient (Wildman–Crippen LogP) is 6.21. The second kappa shape index (κ2) is 10.7. The highest BCUT2D eigenvalue weighted by Gasteiger charge is 2.28. The van der Waals surface area contributed by atoms with Gasteiger partial charge in [-0.3, -0.25) is 0 Å². The Balaban J connectivity index is 2.11. The van der Waals surface area contributed by atoms with Crippen molar-refractivity contribution in [3.63, 3.8) is 0 Å². The average molecular weight is 282 g/mol. The summed E-state index contributed by atoms with van der Waals surface area (Å²) >= 11 is 0. The quantitative estimate of drug-likeness (QED) is 0.374. The first kappa shape index (κ1) is 18.0. The van der Waals surface area contributed by atoms with Crippen LogP contribution in [0, 0.1) is 5.92 Å². The second-order valence-electron chi connectivity index (χ2n) is 7.32. The van der Waals surface area contributed by atoms with E-state index in [1.165, 1.54) is 96.3 Å². The molecule has 1 nitrogen and oxygen atoms in total. The highest BCUT2D eigenvalue weighted by molar-refractivity contribution is 4.87. The first-order valence-electron chi connectivity index (χ1n) is 9.49. The molecule has 2 atom stereocenters. The Labute approximate surface area is 128 Å². The summed E-state index contributed by atoms with van der Waals surface area (Å²) in [6.07, 6.45) is 20.6. The molecule has 0 aromatic carbocycles. The molecule has 120 valence electrons. The van der Waals surface area contributed by atoms with Crippen molar-refractivity contribution in [2.75, 3.05) is 0 Å². The highest BCUT2D eigenvalue weighted by Crippen LogP contribution is 2.34. The van der Waals surface area contributed by atoms with Crippen LogP contribution in [0.3, 0.4) is 0 Å². The van der Waals surface area contributed by atoms with Crippen LogP contribution in [0.25, 0.3) is 0 Å². The third-order valence-corrected chi connectivity index (χ3v) is 5.31. The zero-order valence-electron chi connectivity index (χ0n) is 14.3. The lowest BCUT2D eigenvalue weighted by atomic mass is 9.85. The molecule has 0 aromatic heterocycles. The molecule has 0 amide bonds. The molecular formula is C19H39N. The van der Waals surface area contributed by atoms with E-state index in [0.29, 0.717) is 0 Å². The maximum atomic E-state index is 6.68. The van der Waals surface area contributed by atoms with Crippen molar-refractivity contribution < 1.29 is 0 Å². The second-order valence-corrected chi connectivity index (χ2v) is 7.32. The monoisotopic (exact) mass is 281 g/mol. The highest BCUT2D eigenvalue weighted by atomic mass is 14.7. The molecule has 20 heavy (non-hydrogen) atoms. The van der Waals surface area contributed by atoms with E-state index in [-0.39, 0.29) is 5.54 Å². The van der Waals surface area contributed by atoms with Crippen molar-refractivity contribution in [2.24, 2.45) is 11.7 Å². The lowest BCUT2D eigenvalue weighted by molar-refractivity contribution is 0.323. The van der Waals surface area contributed by atoms with E-state index in [1.54, 1.807) is 0 Å². The smallest absolute Gasteiger partial charge is 0.0154 e. The van der Waals surface area contributed by atoms with Gasteiger partial charge in [-0.1, -0.05) is 84.5 Å². The third kappa shape index (κ3) is 7.67. The Morgan fingerprint density at radius 1 is 0.850 bits per heavy atom. The van der Waals surface area contributed by atoms with Crippen molar-refractivity contribution in [2.45, 2.75) is 116 Å². The molecule has 0 heterocycles. The summed E-state index contributed by atoms with van der Waals surface area (Å²) in [6, 6.07) is 0. The van der Waals surface area contributed by atoms with Gasteiger partial charge in [-0.05, 0) is 31.6 Å². The van der Waals surface area contributed by atoms with Gasteiger partial charge in [0.2, 0.25) is 0 Å². The van der Waals surface area contributed by atoms with Crippen molar-refractivity contribution in [1.82, 2.24) is 0 Å². The molecule has 1 aliphatic rings. The Kier molecular flexibility index (Phi) is 9.59. The van der Waals surface area contributed by atoms with E-state index in [0.717, 1.165) is 5.92 Å². The number of hydrogen-bond donors (Lipinski definition) is 1. The number of nitrogens with two attached hydrogens (primary N) is 1. The van der Waals surface area contributed by atoms with Gasteiger partial charge in [0.15, 0.2) is 0 Å². The summed E-state index contributed by atoms with van der Waals surface area (Å²) in [7, 11) is 0. The standard InChI is InChI=1S/C19H39N/c1-3-5-6-7-8-9-10-15-19(20)16-11-13-18(12-4-2)14-17-19/h18H,3-17,20H2,1-2H3. The predicted molar refractivity (Wildman–Crippen MR) is 91.0 cm³/mol. The fraction of sp³-hybridized carbons (Fsp3) is 1.00. The molecular weight excluding hydrogens is 242 g/mol. The van der Waals surface area contributed by atoms with Gasteiger partial charge in [0.1, 0.15) is 0 Å². The molecule has 2 unspecified atom stereocenters. The molecule has 0 saturated heterocycles. The topological polar surface area (TPSA) is 26.0 Å². The largest absolute Gasteiger partial charge is 0.325 e. The first-order valence-corrected chi connectivity index (χ1v) is 9.49. The Hall–Kier alpha value is -0.0400. The third-order valence-electron chi connectivity index (χ3n) is 5.31. The van der Waals surface area contributed by atoms with E-state index in [1.807, 2.05) is 0 Å². The minimum Gasteiger partial charge on any atom is -0.325 e. The summed E-state index contributed by atoms with van der Waals surface area (Å²) in [6.45, 7) is 4.61. The summed E-state index contributed by atoms with van der Waals surface area (Å²) in [5.74, 6) is 0.972. The maximum Gasteiger partial charge on any atom is 0.0154 e. The van der Waals surface area contributed by atoms with Crippen molar-refractivity contribution in [3.8, 4) is 0 Å². The Bertz CT molecular complexity index is 226. The van der Waals surface area contributed by atoms with Gasteiger partial charge in [0, 0.05) is 5.54 Å². The van der Waals surface area contributed by atoms with Crippen LogP contribution in [0.4, 0.5) is 0 Å². The van der Waals surface area contributed by atoms with Gasteiger partial charge in [-0.2, -0.15) is 0 Å². The van der Waals surface area contributed by atoms with Gasteiger partial charge in [-0.15, -0.1) is 0 Å². The lowest BCUT2D eigenvalue weighted by Crippen LogP contribution is -2.39. The van der Waals surface area contributed by atoms with Crippen LogP contribution in [0.5, 0.6) is 0 Å². The summed E-state index contributed by atoms with van der Waals surface area (Å²) in [5.41, 5.74) is 6.87. The van der Waals surface area contributed by atoms with Crippen LogP contribution in [0.15, 0.2) is 0 Å². The van der Waals surface area contributed by atoms with Crippen molar-refractivity contribution in [1.29, 1.82) is 0 Å². The molecule has 0 bridgehead atoms. The first-order chi connectivity index (χ1) is 9.70. The summed E-state index contributed by atoms with van der Waals surface area (Å²) in [5, 5.41) is 0. The molecule has 0 aromatic rings. The molecule has 1 fully saturated rings. The zero-order valence-corrected chi connectivity index (χ0v) is 14.3. The van der Waals surface area contributed by atoms with Gasteiger partial charge in [0.25, 0.3) is 0 Å². The molecule has 1 heteroatoms. The van der Waals surface area contributed by atoms with Crippen LogP contribution in [0.2, 0.25) is 0 Å². The minimum absolute atomic E-state index is 0.186. The molecule has 1 rings (SSSR count). The number of hydrogen-bond acceptors (Lipinski definition) is 1. The van der Waals surface area contributed by atoms with Gasteiger partial charge >= 0.3 is 0 Å². The molecule has 1 aliphatic carbocycles. The van der Waals surface area contributed by atoms with Crippen LogP contribution >= 0.6 is 0 Å².